The molecule has 1 amide bonds. The summed E-state index contributed by atoms with van der Waals surface area (Å²) in [5.41, 5.74) is 1.20. The number of carboxylic acid groups (broad SMARTS) is 1. The van der Waals surface area contributed by atoms with Crippen LogP contribution in [0.15, 0.2) is 24.3 Å². The van der Waals surface area contributed by atoms with Gasteiger partial charge >= 0.3 is 6.09 Å². The Morgan fingerprint density at radius 1 is 1.33 bits per heavy atom. The van der Waals surface area contributed by atoms with Gasteiger partial charge in [-0.1, -0.05) is 37.5 Å². The van der Waals surface area contributed by atoms with E-state index in [1.165, 1.54) is 24.8 Å². The van der Waals surface area contributed by atoms with Crippen LogP contribution in [0.2, 0.25) is 0 Å². The first-order valence-electron chi connectivity index (χ1n) is 6.47. The van der Waals surface area contributed by atoms with Gasteiger partial charge in [0.1, 0.15) is 11.9 Å². The SMILES string of the molecule is C1CC1.O=C(O)NCC1CCc2ccccc2O1. The lowest BCUT2D eigenvalue weighted by atomic mass is 10.0. The van der Waals surface area contributed by atoms with Crippen LogP contribution in [0.3, 0.4) is 0 Å². The lowest BCUT2D eigenvalue weighted by Crippen LogP contribution is -2.36. The molecule has 1 aromatic carbocycles. The number of fused-ring (bicyclic) bond motifs is 1. The Morgan fingerprint density at radius 2 is 2.06 bits per heavy atom. The number of benzene rings is 1. The highest BCUT2D eigenvalue weighted by molar-refractivity contribution is 5.64. The minimum atomic E-state index is -1.00. The second-order valence-electron chi connectivity index (χ2n) is 4.63. The summed E-state index contributed by atoms with van der Waals surface area (Å²) in [5, 5.41) is 10.8. The van der Waals surface area contributed by atoms with Crippen LogP contribution >= 0.6 is 0 Å². The zero-order valence-electron chi connectivity index (χ0n) is 10.4. The van der Waals surface area contributed by atoms with Gasteiger partial charge in [-0.15, -0.1) is 0 Å². The van der Waals surface area contributed by atoms with Gasteiger partial charge in [-0.05, 0) is 24.5 Å². The first-order valence-corrected chi connectivity index (χ1v) is 6.47. The fourth-order valence-corrected chi connectivity index (χ4v) is 1.73. The smallest absolute Gasteiger partial charge is 0.404 e. The van der Waals surface area contributed by atoms with Gasteiger partial charge < -0.3 is 15.2 Å². The number of hydrogen-bond donors (Lipinski definition) is 2. The third kappa shape index (κ3) is 4.28. The summed E-state index contributed by atoms with van der Waals surface area (Å²) in [6.07, 6.45) is 5.26. The van der Waals surface area contributed by atoms with Crippen molar-refractivity contribution in [1.82, 2.24) is 5.32 Å². The van der Waals surface area contributed by atoms with E-state index < -0.39 is 6.09 Å². The lowest BCUT2D eigenvalue weighted by molar-refractivity contribution is 0.157. The monoisotopic (exact) mass is 249 g/mol. The van der Waals surface area contributed by atoms with Gasteiger partial charge in [0.15, 0.2) is 0 Å². The summed E-state index contributed by atoms with van der Waals surface area (Å²) in [6, 6.07) is 7.86. The third-order valence-corrected chi connectivity index (χ3v) is 2.84. The Morgan fingerprint density at radius 3 is 2.72 bits per heavy atom. The van der Waals surface area contributed by atoms with Gasteiger partial charge in [-0.25, -0.2) is 4.79 Å². The first-order chi connectivity index (χ1) is 8.75. The highest BCUT2D eigenvalue weighted by Crippen LogP contribution is 2.26. The molecule has 2 aliphatic rings. The van der Waals surface area contributed by atoms with Crippen molar-refractivity contribution >= 4 is 6.09 Å². The number of aryl methyl sites for hydroxylation is 1. The van der Waals surface area contributed by atoms with E-state index in [1.807, 2.05) is 24.3 Å². The van der Waals surface area contributed by atoms with Crippen molar-refractivity contribution in [1.29, 1.82) is 0 Å². The summed E-state index contributed by atoms with van der Waals surface area (Å²) >= 11 is 0. The van der Waals surface area contributed by atoms with Crippen LogP contribution in [0.25, 0.3) is 0 Å². The van der Waals surface area contributed by atoms with Crippen molar-refractivity contribution in [3.05, 3.63) is 29.8 Å². The van der Waals surface area contributed by atoms with Crippen LogP contribution in [0.1, 0.15) is 31.2 Å². The average molecular weight is 249 g/mol. The van der Waals surface area contributed by atoms with Crippen molar-refractivity contribution in [2.24, 2.45) is 0 Å². The van der Waals surface area contributed by atoms with E-state index in [2.05, 4.69) is 5.32 Å². The highest BCUT2D eigenvalue weighted by atomic mass is 16.5. The summed E-state index contributed by atoms with van der Waals surface area (Å²) in [4.78, 5) is 10.3. The van der Waals surface area contributed by atoms with Crippen LogP contribution in [-0.4, -0.2) is 23.8 Å². The van der Waals surface area contributed by atoms with Crippen LogP contribution in [0.5, 0.6) is 5.75 Å². The summed E-state index contributed by atoms with van der Waals surface area (Å²) < 4.78 is 5.66. The normalized spacial score (nSPS) is 19.7. The van der Waals surface area contributed by atoms with Crippen molar-refractivity contribution in [3.63, 3.8) is 0 Å². The van der Waals surface area contributed by atoms with Gasteiger partial charge in [0.2, 0.25) is 0 Å². The lowest BCUT2D eigenvalue weighted by Gasteiger charge is -2.25. The summed E-state index contributed by atoms with van der Waals surface area (Å²) in [6.45, 7) is 0.351. The number of rotatable bonds is 2. The topological polar surface area (TPSA) is 58.6 Å². The summed E-state index contributed by atoms with van der Waals surface area (Å²) in [7, 11) is 0. The molecule has 1 aromatic rings. The Bertz CT molecular complexity index is 401. The Labute approximate surface area is 107 Å². The molecule has 4 nitrogen and oxygen atoms in total. The minimum Gasteiger partial charge on any atom is -0.488 e. The van der Waals surface area contributed by atoms with Crippen LogP contribution in [0, 0.1) is 0 Å². The van der Waals surface area contributed by atoms with Gasteiger partial charge in [0, 0.05) is 0 Å². The number of amides is 1. The van der Waals surface area contributed by atoms with E-state index in [-0.39, 0.29) is 6.10 Å². The van der Waals surface area contributed by atoms with E-state index in [4.69, 9.17) is 9.84 Å². The van der Waals surface area contributed by atoms with Crippen LogP contribution in [-0.2, 0) is 6.42 Å². The van der Waals surface area contributed by atoms with E-state index in [0.717, 1.165) is 18.6 Å². The molecule has 0 spiro atoms. The Kier molecular flexibility index (Phi) is 4.45. The molecule has 98 valence electrons. The molecule has 1 aliphatic heterocycles. The fourth-order valence-electron chi connectivity index (χ4n) is 1.73. The van der Waals surface area contributed by atoms with Crippen molar-refractivity contribution in [3.8, 4) is 5.75 Å². The second kappa shape index (κ2) is 6.28. The molecule has 1 atom stereocenters. The molecule has 2 N–H and O–H groups in total. The van der Waals surface area contributed by atoms with Crippen molar-refractivity contribution in [2.75, 3.05) is 6.54 Å². The highest BCUT2D eigenvalue weighted by Gasteiger charge is 2.19. The number of nitrogens with one attached hydrogen (secondary N) is 1. The molecule has 0 saturated heterocycles. The fraction of sp³-hybridized carbons (Fsp3) is 0.500. The molecule has 0 bridgehead atoms. The molecule has 1 fully saturated rings. The maximum Gasteiger partial charge on any atom is 0.404 e. The molecule has 3 rings (SSSR count). The molecule has 1 heterocycles. The average Bonchev–Trinajstić information content (AvgIpc) is 3.24. The predicted molar refractivity (Wildman–Crippen MR) is 69.1 cm³/mol. The number of ether oxygens (including phenoxy) is 1. The predicted octanol–water partition coefficient (Wildman–Crippen LogP) is 2.82. The minimum absolute atomic E-state index is 0.0454. The number of para-hydroxylation sites is 1. The van der Waals surface area contributed by atoms with Crippen LogP contribution in [0.4, 0.5) is 4.79 Å². The second-order valence-corrected chi connectivity index (χ2v) is 4.63. The van der Waals surface area contributed by atoms with E-state index in [1.54, 1.807) is 0 Å². The maximum absolute atomic E-state index is 10.3. The summed E-state index contributed by atoms with van der Waals surface area (Å²) in [5.74, 6) is 0.876. The molecule has 1 aliphatic carbocycles. The quantitative estimate of drug-likeness (QED) is 0.847. The van der Waals surface area contributed by atoms with Gasteiger partial charge in [-0.2, -0.15) is 0 Å². The molecule has 18 heavy (non-hydrogen) atoms. The number of hydrogen-bond acceptors (Lipinski definition) is 2. The Hall–Kier alpha value is -1.71. The van der Waals surface area contributed by atoms with Crippen molar-refractivity contribution < 1.29 is 14.6 Å². The largest absolute Gasteiger partial charge is 0.488 e. The third-order valence-electron chi connectivity index (χ3n) is 2.84. The van der Waals surface area contributed by atoms with Gasteiger partial charge in [-0.3, -0.25) is 0 Å². The van der Waals surface area contributed by atoms with Gasteiger partial charge in [0.05, 0.1) is 6.54 Å². The standard InChI is InChI=1S/C11H13NO3.C3H6/c13-11(14)12-7-9-6-5-8-3-1-2-4-10(8)15-9;1-2-3-1/h1-4,9,12H,5-7H2,(H,13,14);1-3H2. The zero-order valence-corrected chi connectivity index (χ0v) is 10.4. The molecule has 1 saturated carbocycles. The molecule has 1 unspecified atom stereocenters. The van der Waals surface area contributed by atoms with Gasteiger partial charge in [0.25, 0.3) is 0 Å². The van der Waals surface area contributed by atoms with E-state index >= 15 is 0 Å². The molecule has 4 heteroatoms. The maximum atomic E-state index is 10.3. The van der Waals surface area contributed by atoms with E-state index in [0.29, 0.717) is 6.54 Å². The number of carbonyl (C=O) groups is 1. The van der Waals surface area contributed by atoms with Crippen molar-refractivity contribution in [2.45, 2.75) is 38.2 Å². The first kappa shape index (κ1) is 12.7. The van der Waals surface area contributed by atoms with Crippen LogP contribution < -0.4 is 10.1 Å². The van der Waals surface area contributed by atoms with E-state index in [9.17, 15) is 4.79 Å². The Balaban J connectivity index is 0.000000350. The molecule has 0 radical (unpaired) electrons. The zero-order chi connectivity index (χ0) is 12.8. The molecular formula is C14H19NO3. The molecule has 0 aromatic heterocycles. The molecular weight excluding hydrogens is 230 g/mol.